The van der Waals surface area contributed by atoms with Crippen LogP contribution in [0, 0.1) is 13.8 Å². The first-order valence-corrected chi connectivity index (χ1v) is 8.71. The van der Waals surface area contributed by atoms with Gasteiger partial charge in [0.1, 0.15) is 6.04 Å². The van der Waals surface area contributed by atoms with Gasteiger partial charge in [0.15, 0.2) is 0 Å². The number of carbonyl (C=O) groups is 1. The Bertz CT molecular complexity index is 884. The molecule has 2 N–H and O–H groups in total. The van der Waals surface area contributed by atoms with E-state index in [1.807, 2.05) is 13.8 Å². The van der Waals surface area contributed by atoms with Crippen LogP contribution in [-0.2, 0) is 6.42 Å². The van der Waals surface area contributed by atoms with Crippen molar-refractivity contribution < 1.29 is 9.32 Å². The first-order valence-electron chi connectivity index (χ1n) is 8.71. The predicted molar refractivity (Wildman–Crippen MR) is 98.9 cm³/mol. The molecule has 27 heavy (non-hydrogen) atoms. The molecule has 142 valence electrons. The van der Waals surface area contributed by atoms with Gasteiger partial charge in [0, 0.05) is 37.2 Å². The van der Waals surface area contributed by atoms with E-state index in [4.69, 9.17) is 4.52 Å². The van der Waals surface area contributed by atoms with Crippen molar-refractivity contribution in [3.8, 4) is 11.4 Å². The van der Waals surface area contributed by atoms with Gasteiger partial charge < -0.3 is 14.7 Å². The van der Waals surface area contributed by atoms with Gasteiger partial charge in [0.05, 0.1) is 5.69 Å². The number of aromatic nitrogens is 5. The second-order valence-corrected chi connectivity index (χ2v) is 6.45. The molecule has 2 amide bonds. The van der Waals surface area contributed by atoms with Crippen LogP contribution in [0.4, 0.5) is 4.79 Å². The lowest BCUT2D eigenvalue weighted by atomic mass is 10.1. The van der Waals surface area contributed by atoms with Gasteiger partial charge in [-0.2, -0.15) is 10.1 Å². The standard InChI is InChI=1S/C18H23N7O2/c1-11-15(12(2)23-22-11)7-10-25(4)18(26)20-13(3)17-21-16(24-27-17)14-5-8-19-9-6-14/h5-6,8-9,13H,7,10H2,1-4H3,(H,20,26)(H,22,23)/t13-/m0/s1. The number of rotatable bonds is 6. The summed E-state index contributed by atoms with van der Waals surface area (Å²) in [6, 6.07) is 2.99. The molecule has 1 atom stereocenters. The minimum absolute atomic E-state index is 0.204. The molecule has 0 saturated heterocycles. The number of aryl methyl sites for hydroxylation is 2. The predicted octanol–water partition coefficient (Wildman–Crippen LogP) is 2.42. The number of nitrogens with one attached hydrogen (secondary N) is 2. The molecule has 3 aromatic rings. The van der Waals surface area contributed by atoms with Gasteiger partial charge in [-0.05, 0) is 44.9 Å². The maximum Gasteiger partial charge on any atom is 0.317 e. The van der Waals surface area contributed by atoms with Crippen LogP contribution in [0.15, 0.2) is 29.0 Å². The van der Waals surface area contributed by atoms with E-state index in [1.165, 1.54) is 0 Å². The number of carbonyl (C=O) groups excluding carboxylic acids is 1. The molecule has 0 radical (unpaired) electrons. The summed E-state index contributed by atoms with van der Waals surface area (Å²) in [7, 11) is 1.75. The van der Waals surface area contributed by atoms with E-state index < -0.39 is 6.04 Å². The Labute approximate surface area is 157 Å². The minimum Gasteiger partial charge on any atom is -0.337 e. The second-order valence-electron chi connectivity index (χ2n) is 6.45. The van der Waals surface area contributed by atoms with Crippen LogP contribution < -0.4 is 5.32 Å². The van der Waals surface area contributed by atoms with Crippen LogP contribution in [0.5, 0.6) is 0 Å². The summed E-state index contributed by atoms with van der Waals surface area (Å²) in [4.78, 5) is 22.4. The molecule has 3 aromatic heterocycles. The lowest BCUT2D eigenvalue weighted by Gasteiger charge is -2.20. The van der Waals surface area contributed by atoms with Crippen LogP contribution in [0.25, 0.3) is 11.4 Å². The number of nitrogens with zero attached hydrogens (tertiary/aromatic N) is 5. The summed E-state index contributed by atoms with van der Waals surface area (Å²) in [5, 5.41) is 14.0. The van der Waals surface area contributed by atoms with E-state index in [0.717, 1.165) is 28.9 Å². The fraction of sp³-hybridized carbons (Fsp3) is 0.389. The van der Waals surface area contributed by atoms with Crippen LogP contribution in [-0.4, -0.2) is 49.8 Å². The molecule has 9 heteroatoms. The van der Waals surface area contributed by atoms with E-state index in [9.17, 15) is 4.79 Å². The molecule has 9 nitrogen and oxygen atoms in total. The average Bonchev–Trinajstić information content (AvgIpc) is 3.28. The van der Waals surface area contributed by atoms with Gasteiger partial charge in [-0.15, -0.1) is 0 Å². The molecule has 0 aliphatic heterocycles. The molecular weight excluding hydrogens is 346 g/mol. The van der Waals surface area contributed by atoms with Gasteiger partial charge in [-0.25, -0.2) is 4.79 Å². The zero-order valence-corrected chi connectivity index (χ0v) is 15.9. The normalized spacial score (nSPS) is 12.0. The zero-order valence-electron chi connectivity index (χ0n) is 15.9. The minimum atomic E-state index is -0.402. The van der Waals surface area contributed by atoms with Gasteiger partial charge in [0.2, 0.25) is 11.7 Å². The van der Waals surface area contributed by atoms with Crippen molar-refractivity contribution in [2.75, 3.05) is 13.6 Å². The largest absolute Gasteiger partial charge is 0.337 e. The van der Waals surface area contributed by atoms with Crippen molar-refractivity contribution in [3.63, 3.8) is 0 Å². The van der Waals surface area contributed by atoms with Crippen molar-refractivity contribution in [1.82, 2.24) is 35.5 Å². The molecule has 0 aromatic carbocycles. The second kappa shape index (κ2) is 7.98. The lowest BCUT2D eigenvalue weighted by molar-refractivity contribution is 0.202. The van der Waals surface area contributed by atoms with E-state index in [0.29, 0.717) is 18.3 Å². The Hall–Kier alpha value is -3.23. The maximum atomic E-state index is 12.4. The third-order valence-electron chi connectivity index (χ3n) is 4.42. The van der Waals surface area contributed by atoms with Crippen LogP contribution >= 0.6 is 0 Å². The molecule has 0 saturated carbocycles. The molecule has 3 rings (SSSR count). The van der Waals surface area contributed by atoms with Crippen LogP contribution in [0.3, 0.4) is 0 Å². The van der Waals surface area contributed by atoms with Gasteiger partial charge in [-0.3, -0.25) is 10.1 Å². The Morgan fingerprint density at radius 2 is 2.07 bits per heavy atom. The molecule has 0 fully saturated rings. The third kappa shape index (κ3) is 4.30. The summed E-state index contributed by atoms with van der Waals surface area (Å²) < 4.78 is 5.28. The van der Waals surface area contributed by atoms with Crippen molar-refractivity contribution in [1.29, 1.82) is 0 Å². The first-order chi connectivity index (χ1) is 13.0. The number of amides is 2. The van der Waals surface area contributed by atoms with Crippen molar-refractivity contribution >= 4 is 6.03 Å². The van der Waals surface area contributed by atoms with E-state index in [1.54, 1.807) is 43.4 Å². The van der Waals surface area contributed by atoms with Crippen LogP contribution in [0.1, 0.15) is 35.8 Å². The molecule has 0 bridgehead atoms. The highest BCUT2D eigenvalue weighted by Crippen LogP contribution is 2.18. The Balaban J connectivity index is 1.56. The van der Waals surface area contributed by atoms with E-state index in [-0.39, 0.29) is 6.03 Å². The van der Waals surface area contributed by atoms with E-state index in [2.05, 4.69) is 30.6 Å². The Morgan fingerprint density at radius 1 is 1.33 bits per heavy atom. The third-order valence-corrected chi connectivity index (χ3v) is 4.42. The smallest absolute Gasteiger partial charge is 0.317 e. The number of H-pyrrole nitrogens is 1. The molecule has 0 unspecified atom stereocenters. The molecule has 0 aliphatic carbocycles. The summed E-state index contributed by atoms with van der Waals surface area (Å²) >= 11 is 0. The van der Waals surface area contributed by atoms with Gasteiger partial charge in [0.25, 0.3) is 0 Å². The highest BCUT2D eigenvalue weighted by Gasteiger charge is 2.19. The highest BCUT2D eigenvalue weighted by molar-refractivity contribution is 5.74. The number of pyridine rings is 1. The number of urea groups is 1. The fourth-order valence-electron chi connectivity index (χ4n) is 2.71. The number of likely N-dealkylation sites (N-methyl/N-ethyl adjacent to an activating group) is 1. The lowest BCUT2D eigenvalue weighted by Crippen LogP contribution is -2.39. The zero-order chi connectivity index (χ0) is 19.4. The number of aromatic amines is 1. The fourth-order valence-corrected chi connectivity index (χ4v) is 2.71. The average molecular weight is 369 g/mol. The maximum absolute atomic E-state index is 12.4. The summed E-state index contributed by atoms with van der Waals surface area (Å²) in [6.07, 6.45) is 4.06. The molecular formula is C18H23N7O2. The summed E-state index contributed by atoms with van der Waals surface area (Å²) in [6.45, 7) is 6.32. The molecule has 0 aliphatic rings. The van der Waals surface area contributed by atoms with Gasteiger partial charge >= 0.3 is 6.03 Å². The summed E-state index contributed by atoms with van der Waals surface area (Å²) in [5.74, 6) is 0.817. The summed E-state index contributed by atoms with van der Waals surface area (Å²) in [5.41, 5.74) is 3.94. The monoisotopic (exact) mass is 369 g/mol. The first kappa shape index (κ1) is 18.6. The van der Waals surface area contributed by atoms with Crippen molar-refractivity contribution in [2.24, 2.45) is 0 Å². The van der Waals surface area contributed by atoms with Crippen molar-refractivity contribution in [3.05, 3.63) is 47.4 Å². The SMILES string of the molecule is Cc1n[nH]c(C)c1CCN(C)C(=O)N[C@@H](C)c1nc(-c2ccncc2)no1. The topological polar surface area (TPSA) is 113 Å². The number of hydrogen-bond acceptors (Lipinski definition) is 6. The molecule has 3 heterocycles. The highest BCUT2D eigenvalue weighted by atomic mass is 16.5. The van der Waals surface area contributed by atoms with Crippen molar-refractivity contribution in [2.45, 2.75) is 33.2 Å². The van der Waals surface area contributed by atoms with Gasteiger partial charge in [-0.1, -0.05) is 5.16 Å². The number of hydrogen-bond donors (Lipinski definition) is 2. The van der Waals surface area contributed by atoms with Crippen LogP contribution in [0.2, 0.25) is 0 Å². The van der Waals surface area contributed by atoms with E-state index >= 15 is 0 Å². The Morgan fingerprint density at radius 3 is 2.74 bits per heavy atom. The Kier molecular flexibility index (Phi) is 5.49. The quantitative estimate of drug-likeness (QED) is 0.690. The molecule has 0 spiro atoms.